The van der Waals surface area contributed by atoms with Gasteiger partial charge in [0.25, 0.3) is 5.91 Å². The molecule has 0 radical (unpaired) electrons. The molecule has 0 aliphatic carbocycles. The smallest absolute Gasteiger partial charge is 0.271 e. The molecular weight excluding hydrogens is 296 g/mol. The number of hydrazone groups is 1. The highest BCUT2D eigenvalue weighted by Gasteiger charge is 2.08. The molecule has 0 aliphatic rings. The van der Waals surface area contributed by atoms with E-state index in [-0.39, 0.29) is 11.7 Å². The van der Waals surface area contributed by atoms with E-state index < -0.39 is 0 Å². The van der Waals surface area contributed by atoms with Crippen molar-refractivity contribution in [2.24, 2.45) is 5.10 Å². The summed E-state index contributed by atoms with van der Waals surface area (Å²) in [4.78, 5) is 12.0. The molecule has 0 spiro atoms. The summed E-state index contributed by atoms with van der Waals surface area (Å²) in [5.74, 6) is -0.0981. The van der Waals surface area contributed by atoms with Crippen LogP contribution in [-0.4, -0.2) is 27.5 Å². The molecule has 0 saturated carbocycles. The van der Waals surface area contributed by atoms with E-state index in [2.05, 4.69) is 25.5 Å². The van der Waals surface area contributed by atoms with Crippen molar-refractivity contribution >= 4 is 23.2 Å². The highest BCUT2D eigenvalue weighted by molar-refractivity contribution is 5.97. The molecule has 3 rings (SSSR count). The van der Waals surface area contributed by atoms with Gasteiger partial charge in [0.15, 0.2) is 0 Å². The molecular formula is C16H14N4O3. The lowest BCUT2D eigenvalue weighted by atomic mass is 10.1. The van der Waals surface area contributed by atoms with Crippen LogP contribution < -0.4 is 5.43 Å². The molecule has 0 aliphatic heterocycles. The van der Waals surface area contributed by atoms with Crippen LogP contribution in [0.5, 0.6) is 5.75 Å². The number of fused-ring (bicyclic) bond motifs is 1. The van der Waals surface area contributed by atoms with E-state index in [0.717, 1.165) is 16.7 Å². The number of rotatable bonds is 3. The zero-order valence-electron chi connectivity index (χ0n) is 12.6. The first-order valence-electron chi connectivity index (χ1n) is 6.90. The molecule has 0 bridgehead atoms. The molecule has 0 saturated heterocycles. The first-order valence-corrected chi connectivity index (χ1v) is 6.90. The zero-order valence-corrected chi connectivity index (χ0v) is 12.6. The summed E-state index contributed by atoms with van der Waals surface area (Å²) in [7, 11) is 0. The molecule has 23 heavy (non-hydrogen) atoms. The van der Waals surface area contributed by atoms with E-state index in [4.69, 9.17) is 0 Å². The third-order valence-electron chi connectivity index (χ3n) is 3.41. The zero-order chi connectivity index (χ0) is 16.4. The Kier molecular flexibility index (Phi) is 3.76. The molecule has 0 fully saturated rings. The van der Waals surface area contributed by atoms with Gasteiger partial charge in [0.05, 0.1) is 6.21 Å². The molecule has 7 heteroatoms. The van der Waals surface area contributed by atoms with Crippen molar-refractivity contribution < 1.29 is 14.5 Å². The van der Waals surface area contributed by atoms with E-state index in [9.17, 15) is 9.90 Å². The largest absolute Gasteiger partial charge is 0.507 e. The van der Waals surface area contributed by atoms with Gasteiger partial charge in [-0.25, -0.2) is 10.1 Å². The van der Waals surface area contributed by atoms with Crippen LogP contribution in [-0.2, 0) is 0 Å². The number of benzene rings is 2. The van der Waals surface area contributed by atoms with Crippen molar-refractivity contribution in [3.8, 4) is 5.75 Å². The fraction of sp³-hybridized carbons (Fsp3) is 0.125. The van der Waals surface area contributed by atoms with Crippen molar-refractivity contribution in [2.45, 2.75) is 13.8 Å². The molecule has 116 valence electrons. The van der Waals surface area contributed by atoms with Gasteiger partial charge >= 0.3 is 0 Å². The molecule has 0 atom stereocenters. The highest BCUT2D eigenvalue weighted by atomic mass is 16.6. The monoisotopic (exact) mass is 310 g/mol. The van der Waals surface area contributed by atoms with E-state index >= 15 is 0 Å². The van der Waals surface area contributed by atoms with Crippen molar-refractivity contribution in [1.29, 1.82) is 0 Å². The number of aromatic hydroxyl groups is 1. The van der Waals surface area contributed by atoms with Gasteiger partial charge in [-0.05, 0) is 71.2 Å². The van der Waals surface area contributed by atoms with Crippen molar-refractivity contribution in [1.82, 2.24) is 15.7 Å². The normalized spacial score (nSPS) is 11.2. The Morgan fingerprint density at radius 1 is 1.17 bits per heavy atom. The van der Waals surface area contributed by atoms with Crippen molar-refractivity contribution in [3.05, 3.63) is 52.6 Å². The Hall–Kier alpha value is -3.22. The highest BCUT2D eigenvalue weighted by Crippen LogP contribution is 2.22. The van der Waals surface area contributed by atoms with Gasteiger partial charge in [0, 0.05) is 5.56 Å². The van der Waals surface area contributed by atoms with Gasteiger partial charge in [-0.3, -0.25) is 4.79 Å². The molecule has 1 aromatic heterocycles. The summed E-state index contributed by atoms with van der Waals surface area (Å²) in [6, 6.07) is 8.41. The van der Waals surface area contributed by atoms with Gasteiger partial charge in [-0.2, -0.15) is 5.10 Å². The third kappa shape index (κ3) is 3.03. The van der Waals surface area contributed by atoms with Crippen LogP contribution in [0.1, 0.15) is 27.0 Å². The minimum atomic E-state index is -0.363. The van der Waals surface area contributed by atoms with Gasteiger partial charge in [0.1, 0.15) is 16.8 Å². The Morgan fingerprint density at radius 3 is 2.61 bits per heavy atom. The lowest BCUT2D eigenvalue weighted by Crippen LogP contribution is -2.17. The molecule has 1 amide bonds. The van der Waals surface area contributed by atoms with E-state index in [1.807, 2.05) is 0 Å². The average Bonchev–Trinajstić information content (AvgIpc) is 2.99. The number of carbonyl (C=O) groups is 1. The Labute approximate surface area is 131 Å². The molecule has 1 heterocycles. The molecule has 2 N–H and O–H groups in total. The second kappa shape index (κ2) is 5.88. The van der Waals surface area contributed by atoms with Crippen LogP contribution in [0, 0.1) is 13.8 Å². The van der Waals surface area contributed by atoms with Gasteiger partial charge in [-0.15, -0.1) is 0 Å². The number of aromatic nitrogens is 2. The minimum absolute atomic E-state index is 0.265. The number of phenolic OH excluding ortho intramolecular Hbond substituents is 1. The van der Waals surface area contributed by atoms with Crippen LogP contribution in [0.2, 0.25) is 0 Å². The second-order valence-corrected chi connectivity index (χ2v) is 5.17. The van der Waals surface area contributed by atoms with E-state index in [0.29, 0.717) is 16.6 Å². The third-order valence-corrected chi connectivity index (χ3v) is 3.41. The molecule has 0 unspecified atom stereocenters. The number of phenols is 1. The van der Waals surface area contributed by atoms with Gasteiger partial charge < -0.3 is 5.11 Å². The molecule has 3 aromatic rings. The number of carbonyl (C=O) groups excluding carboxylic acids is 1. The Bertz CT molecular complexity index is 892. The topological polar surface area (TPSA) is 101 Å². The predicted molar refractivity (Wildman–Crippen MR) is 84.4 cm³/mol. The fourth-order valence-electron chi connectivity index (χ4n) is 2.22. The Morgan fingerprint density at radius 2 is 1.87 bits per heavy atom. The van der Waals surface area contributed by atoms with E-state index in [1.54, 1.807) is 44.2 Å². The quantitative estimate of drug-likeness (QED) is 0.571. The van der Waals surface area contributed by atoms with E-state index in [1.165, 1.54) is 6.21 Å². The van der Waals surface area contributed by atoms with Crippen LogP contribution in [0.4, 0.5) is 0 Å². The van der Waals surface area contributed by atoms with Crippen LogP contribution in [0.25, 0.3) is 11.0 Å². The number of hydrogen-bond donors (Lipinski definition) is 2. The number of aryl methyl sites for hydroxylation is 2. The number of nitrogens with zero attached hydrogens (tertiary/aromatic N) is 3. The summed E-state index contributed by atoms with van der Waals surface area (Å²) < 4.78 is 4.59. The van der Waals surface area contributed by atoms with Crippen molar-refractivity contribution in [3.63, 3.8) is 0 Å². The standard InChI is InChI=1S/C16H14N4O3/c1-9-5-11(6-10(2)15(9)21)8-17-18-16(22)12-3-4-13-14(7-12)20-23-19-13/h3-8,21H,1-2H3,(H,18,22). The summed E-state index contributed by atoms with van der Waals surface area (Å²) >= 11 is 0. The summed E-state index contributed by atoms with van der Waals surface area (Å²) in [6.07, 6.45) is 1.52. The summed E-state index contributed by atoms with van der Waals surface area (Å²) in [5, 5.41) is 21.0. The molecule has 2 aromatic carbocycles. The fourth-order valence-corrected chi connectivity index (χ4v) is 2.22. The van der Waals surface area contributed by atoms with Crippen LogP contribution in [0.15, 0.2) is 40.1 Å². The number of nitrogens with one attached hydrogen (secondary N) is 1. The Balaban J connectivity index is 1.73. The average molecular weight is 310 g/mol. The van der Waals surface area contributed by atoms with Crippen LogP contribution >= 0.6 is 0 Å². The molecule has 7 nitrogen and oxygen atoms in total. The number of hydrogen-bond acceptors (Lipinski definition) is 6. The minimum Gasteiger partial charge on any atom is -0.507 e. The maximum Gasteiger partial charge on any atom is 0.271 e. The maximum absolute atomic E-state index is 12.0. The van der Waals surface area contributed by atoms with Gasteiger partial charge in [-0.1, -0.05) is 0 Å². The van der Waals surface area contributed by atoms with Crippen molar-refractivity contribution in [2.75, 3.05) is 0 Å². The summed E-state index contributed by atoms with van der Waals surface area (Å²) in [5.41, 5.74) is 6.23. The van der Waals surface area contributed by atoms with Crippen LogP contribution in [0.3, 0.4) is 0 Å². The second-order valence-electron chi connectivity index (χ2n) is 5.17. The maximum atomic E-state index is 12.0. The first kappa shape index (κ1) is 14.7. The SMILES string of the molecule is Cc1cc(C=NNC(=O)c2ccc3nonc3c2)cc(C)c1O. The first-order chi connectivity index (χ1) is 11.0. The summed E-state index contributed by atoms with van der Waals surface area (Å²) in [6.45, 7) is 3.61. The van der Waals surface area contributed by atoms with Gasteiger partial charge in [0.2, 0.25) is 0 Å². The lowest BCUT2D eigenvalue weighted by molar-refractivity contribution is 0.0955. The predicted octanol–water partition coefficient (Wildman–Crippen LogP) is 2.31. The number of amides is 1. The lowest BCUT2D eigenvalue weighted by Gasteiger charge is -2.04.